The summed E-state index contributed by atoms with van der Waals surface area (Å²) in [5, 5.41) is 12.7. The maximum absolute atomic E-state index is 11.8. The Hall–Kier alpha value is -1.97. The number of amides is 1. The van der Waals surface area contributed by atoms with Gasteiger partial charge in [0.2, 0.25) is 5.91 Å². The molecule has 2 aromatic carbocycles. The fourth-order valence-corrected chi connectivity index (χ4v) is 2.07. The Morgan fingerprint density at radius 1 is 1.15 bits per heavy atom. The summed E-state index contributed by atoms with van der Waals surface area (Å²) in [5.41, 5.74) is 1.07. The molecule has 0 heterocycles. The molecule has 0 saturated heterocycles. The molecule has 1 amide bonds. The highest BCUT2D eigenvalue weighted by atomic mass is 35.5. The Kier molecular flexibility index (Phi) is 4.66. The lowest BCUT2D eigenvalue weighted by Crippen LogP contribution is -2.08. The number of anilines is 1. The van der Waals surface area contributed by atoms with Crippen LogP contribution in [0.2, 0.25) is 10.0 Å². The maximum atomic E-state index is 11.8. The minimum absolute atomic E-state index is 0.0832. The molecule has 2 aromatic rings. The van der Waals surface area contributed by atoms with Gasteiger partial charge in [0.05, 0.1) is 10.7 Å². The van der Waals surface area contributed by atoms with Crippen molar-refractivity contribution in [2.45, 2.75) is 0 Å². The molecule has 3 nitrogen and oxygen atoms in total. The lowest BCUT2D eigenvalue weighted by atomic mass is 10.2. The van der Waals surface area contributed by atoms with Crippen LogP contribution in [0.4, 0.5) is 5.69 Å². The largest absolute Gasteiger partial charge is 0.504 e. The van der Waals surface area contributed by atoms with Crippen molar-refractivity contribution in [1.82, 2.24) is 0 Å². The van der Waals surface area contributed by atoms with Gasteiger partial charge in [-0.1, -0.05) is 53.5 Å². The van der Waals surface area contributed by atoms with Crippen LogP contribution in [-0.4, -0.2) is 11.0 Å². The van der Waals surface area contributed by atoms with Crippen molar-refractivity contribution in [3.8, 4) is 5.75 Å². The minimum Gasteiger partial charge on any atom is -0.504 e. The Morgan fingerprint density at radius 2 is 1.85 bits per heavy atom. The SMILES string of the molecule is O=C(/C=C/c1ccccc1)Nc1cc(Cl)cc(Cl)c1O. The Labute approximate surface area is 126 Å². The van der Waals surface area contributed by atoms with Crippen LogP contribution in [0.1, 0.15) is 5.56 Å². The van der Waals surface area contributed by atoms with Crippen LogP contribution in [0.15, 0.2) is 48.5 Å². The summed E-state index contributed by atoms with van der Waals surface area (Å²) in [6, 6.07) is 12.2. The maximum Gasteiger partial charge on any atom is 0.248 e. The van der Waals surface area contributed by atoms with E-state index in [4.69, 9.17) is 23.2 Å². The van der Waals surface area contributed by atoms with E-state index in [1.54, 1.807) is 6.08 Å². The fourth-order valence-electron chi connectivity index (χ4n) is 1.57. The number of hydrogen-bond donors (Lipinski definition) is 2. The third-order valence-corrected chi connectivity index (χ3v) is 3.02. The van der Waals surface area contributed by atoms with Gasteiger partial charge in [-0.3, -0.25) is 4.79 Å². The summed E-state index contributed by atoms with van der Waals surface area (Å²) >= 11 is 11.6. The minimum atomic E-state index is -0.387. The quantitative estimate of drug-likeness (QED) is 0.654. The second-order valence-corrected chi connectivity index (χ2v) is 4.86. The van der Waals surface area contributed by atoms with Crippen molar-refractivity contribution in [1.29, 1.82) is 0 Å². The first-order valence-electron chi connectivity index (χ1n) is 5.78. The van der Waals surface area contributed by atoms with Gasteiger partial charge in [0, 0.05) is 11.1 Å². The van der Waals surface area contributed by atoms with Crippen molar-refractivity contribution in [3.05, 3.63) is 64.1 Å². The Balaban J connectivity index is 2.11. The molecule has 0 atom stereocenters. The molecule has 0 spiro atoms. The summed E-state index contributed by atoms with van der Waals surface area (Å²) in [5.74, 6) is -0.597. The molecule has 0 bridgehead atoms. The number of nitrogens with one attached hydrogen (secondary N) is 1. The number of hydrogen-bond acceptors (Lipinski definition) is 2. The van der Waals surface area contributed by atoms with Gasteiger partial charge in [-0.05, 0) is 23.8 Å². The number of halogens is 2. The fraction of sp³-hybridized carbons (Fsp3) is 0. The van der Waals surface area contributed by atoms with Crippen molar-refractivity contribution >= 4 is 40.9 Å². The predicted molar refractivity (Wildman–Crippen MR) is 82.2 cm³/mol. The van der Waals surface area contributed by atoms with E-state index in [1.807, 2.05) is 30.3 Å². The monoisotopic (exact) mass is 307 g/mol. The molecule has 0 aliphatic heterocycles. The summed E-state index contributed by atoms with van der Waals surface area (Å²) in [6.45, 7) is 0. The summed E-state index contributed by atoms with van der Waals surface area (Å²) in [7, 11) is 0. The number of carbonyl (C=O) groups excluding carboxylic acids is 1. The molecule has 0 saturated carbocycles. The standard InChI is InChI=1S/C15H11Cl2NO2/c16-11-8-12(17)15(20)13(9-11)18-14(19)7-6-10-4-2-1-3-5-10/h1-9,20H,(H,18,19)/b7-6+. The van der Waals surface area contributed by atoms with Gasteiger partial charge >= 0.3 is 0 Å². The van der Waals surface area contributed by atoms with E-state index < -0.39 is 0 Å². The van der Waals surface area contributed by atoms with Crippen LogP contribution >= 0.6 is 23.2 Å². The third-order valence-electron chi connectivity index (χ3n) is 2.51. The zero-order valence-electron chi connectivity index (χ0n) is 10.3. The first-order chi connectivity index (χ1) is 9.56. The van der Waals surface area contributed by atoms with Gasteiger partial charge in [-0.25, -0.2) is 0 Å². The molecule has 0 unspecified atom stereocenters. The zero-order valence-corrected chi connectivity index (χ0v) is 11.8. The van der Waals surface area contributed by atoms with E-state index >= 15 is 0 Å². The van der Waals surface area contributed by atoms with Crippen LogP contribution in [0.3, 0.4) is 0 Å². The molecule has 0 aromatic heterocycles. The Morgan fingerprint density at radius 3 is 2.55 bits per heavy atom. The average Bonchev–Trinajstić information content (AvgIpc) is 2.43. The van der Waals surface area contributed by atoms with Crippen molar-refractivity contribution < 1.29 is 9.90 Å². The molecule has 2 rings (SSSR count). The average molecular weight is 308 g/mol. The number of carbonyl (C=O) groups is 1. The topological polar surface area (TPSA) is 49.3 Å². The molecule has 102 valence electrons. The van der Waals surface area contributed by atoms with Crippen molar-refractivity contribution in [2.24, 2.45) is 0 Å². The number of phenolic OH excluding ortho intramolecular Hbond substituents is 1. The normalized spacial score (nSPS) is 10.7. The van der Waals surface area contributed by atoms with E-state index in [9.17, 15) is 9.90 Å². The van der Waals surface area contributed by atoms with Gasteiger partial charge in [0.1, 0.15) is 0 Å². The molecular weight excluding hydrogens is 297 g/mol. The molecular formula is C15H11Cl2NO2. The lowest BCUT2D eigenvalue weighted by Gasteiger charge is -2.07. The lowest BCUT2D eigenvalue weighted by molar-refractivity contribution is -0.111. The molecule has 0 fully saturated rings. The van der Waals surface area contributed by atoms with Crippen LogP contribution in [0.25, 0.3) is 6.08 Å². The van der Waals surface area contributed by atoms with Crippen LogP contribution < -0.4 is 5.32 Å². The van der Waals surface area contributed by atoms with E-state index in [0.29, 0.717) is 5.02 Å². The smallest absolute Gasteiger partial charge is 0.248 e. The highest BCUT2D eigenvalue weighted by molar-refractivity contribution is 6.36. The van der Waals surface area contributed by atoms with Gasteiger partial charge in [-0.2, -0.15) is 0 Å². The third kappa shape index (κ3) is 3.76. The van der Waals surface area contributed by atoms with Crippen LogP contribution in [0.5, 0.6) is 5.75 Å². The molecule has 0 aliphatic rings. The van der Waals surface area contributed by atoms with Crippen LogP contribution in [-0.2, 0) is 4.79 Å². The molecule has 0 radical (unpaired) electrons. The zero-order chi connectivity index (χ0) is 14.5. The van der Waals surface area contributed by atoms with Gasteiger partial charge in [0.25, 0.3) is 0 Å². The summed E-state index contributed by atoms with van der Waals surface area (Å²) in [6.07, 6.45) is 3.03. The summed E-state index contributed by atoms with van der Waals surface area (Å²) in [4.78, 5) is 11.8. The molecule has 20 heavy (non-hydrogen) atoms. The second kappa shape index (κ2) is 6.46. The highest BCUT2D eigenvalue weighted by Gasteiger charge is 2.09. The van der Waals surface area contributed by atoms with Crippen molar-refractivity contribution in [3.63, 3.8) is 0 Å². The van der Waals surface area contributed by atoms with Crippen LogP contribution in [0, 0.1) is 0 Å². The molecule has 5 heteroatoms. The molecule has 2 N–H and O–H groups in total. The first kappa shape index (κ1) is 14.4. The molecule has 0 aliphatic carbocycles. The van der Waals surface area contributed by atoms with Gasteiger partial charge < -0.3 is 10.4 Å². The van der Waals surface area contributed by atoms with E-state index in [1.165, 1.54) is 18.2 Å². The number of benzene rings is 2. The highest BCUT2D eigenvalue weighted by Crippen LogP contribution is 2.34. The van der Waals surface area contributed by atoms with E-state index in [2.05, 4.69) is 5.32 Å². The van der Waals surface area contributed by atoms with E-state index in [-0.39, 0.29) is 22.4 Å². The summed E-state index contributed by atoms with van der Waals surface area (Å²) < 4.78 is 0. The predicted octanol–water partition coefficient (Wildman–Crippen LogP) is 4.35. The van der Waals surface area contributed by atoms with Gasteiger partial charge in [-0.15, -0.1) is 0 Å². The number of rotatable bonds is 3. The van der Waals surface area contributed by atoms with Crippen molar-refractivity contribution in [2.75, 3.05) is 5.32 Å². The van der Waals surface area contributed by atoms with Gasteiger partial charge in [0.15, 0.2) is 5.75 Å². The Bertz CT molecular complexity index is 654. The second-order valence-electron chi connectivity index (χ2n) is 4.02. The number of phenols is 1. The van der Waals surface area contributed by atoms with E-state index in [0.717, 1.165) is 5.56 Å². The number of aromatic hydroxyl groups is 1. The first-order valence-corrected chi connectivity index (χ1v) is 6.54.